The Morgan fingerprint density at radius 2 is 1.94 bits per heavy atom. The van der Waals surface area contributed by atoms with Gasteiger partial charge in [-0.25, -0.2) is 4.98 Å². The van der Waals surface area contributed by atoms with Crippen molar-refractivity contribution in [2.24, 2.45) is 0 Å². The highest BCUT2D eigenvalue weighted by Gasteiger charge is 2.33. The van der Waals surface area contributed by atoms with E-state index in [1.54, 1.807) is 0 Å². The van der Waals surface area contributed by atoms with Crippen molar-refractivity contribution >= 4 is 6.29 Å². The van der Waals surface area contributed by atoms with Crippen molar-refractivity contribution in [3.8, 4) is 5.88 Å². The van der Waals surface area contributed by atoms with Crippen molar-refractivity contribution in [1.82, 2.24) is 4.98 Å². The maximum Gasteiger partial charge on any atom is 0.433 e. The molecule has 0 saturated carbocycles. The molecule has 1 aromatic heterocycles. The minimum Gasteiger partial charge on any atom is -0.416 e. The van der Waals surface area contributed by atoms with Gasteiger partial charge in [-0.3, -0.25) is 4.79 Å². The second-order valence-electron chi connectivity index (χ2n) is 2.58. The van der Waals surface area contributed by atoms with Gasteiger partial charge in [0.1, 0.15) is 5.69 Å². The fraction of sp³-hybridized carbons (Fsp3) is 0.250. The van der Waals surface area contributed by atoms with E-state index >= 15 is 0 Å². The van der Waals surface area contributed by atoms with Crippen molar-refractivity contribution < 1.29 is 31.5 Å². The first-order valence-corrected chi connectivity index (χ1v) is 3.83. The Hall–Kier alpha value is -1.73. The van der Waals surface area contributed by atoms with Crippen LogP contribution in [0.4, 0.5) is 22.0 Å². The predicted molar refractivity (Wildman–Crippen MR) is 41.3 cm³/mol. The van der Waals surface area contributed by atoms with Crippen LogP contribution in [0.1, 0.15) is 16.1 Å². The van der Waals surface area contributed by atoms with Gasteiger partial charge < -0.3 is 4.74 Å². The van der Waals surface area contributed by atoms with Crippen molar-refractivity contribution in [1.29, 1.82) is 0 Å². The molecule has 1 rings (SSSR count). The Labute approximate surface area is 85.8 Å². The van der Waals surface area contributed by atoms with E-state index in [0.29, 0.717) is 12.1 Å². The lowest BCUT2D eigenvalue weighted by molar-refractivity contribution is -0.142. The molecule has 8 heteroatoms. The first-order chi connectivity index (χ1) is 7.34. The molecule has 0 amide bonds. The van der Waals surface area contributed by atoms with Crippen LogP contribution in [0, 0.1) is 0 Å². The Morgan fingerprint density at radius 1 is 1.31 bits per heavy atom. The number of carbonyl (C=O) groups excluding carboxylic acids is 1. The smallest absolute Gasteiger partial charge is 0.416 e. The minimum atomic E-state index is -4.79. The molecule has 0 radical (unpaired) electrons. The summed E-state index contributed by atoms with van der Waals surface area (Å²) in [4.78, 5) is 13.1. The summed E-state index contributed by atoms with van der Waals surface area (Å²) in [6, 6.07) is 1.21. The van der Waals surface area contributed by atoms with E-state index in [1.165, 1.54) is 0 Å². The molecule has 0 aliphatic heterocycles. The molecule has 0 spiro atoms. The third kappa shape index (κ3) is 2.88. The van der Waals surface area contributed by atoms with Gasteiger partial charge in [-0.05, 0) is 12.1 Å². The van der Waals surface area contributed by atoms with Gasteiger partial charge in [0.05, 0.1) is 5.56 Å². The monoisotopic (exact) mass is 241 g/mol. The molecule has 0 N–H and O–H groups in total. The maximum absolute atomic E-state index is 12.1. The van der Waals surface area contributed by atoms with Crippen molar-refractivity contribution in [2.45, 2.75) is 12.8 Å². The van der Waals surface area contributed by atoms with Gasteiger partial charge in [-0.15, -0.1) is 0 Å². The third-order valence-electron chi connectivity index (χ3n) is 1.51. The van der Waals surface area contributed by atoms with Crippen molar-refractivity contribution in [3.63, 3.8) is 0 Å². The molecule has 88 valence electrons. The number of aldehydes is 1. The molecular formula is C8H4F5NO2. The van der Waals surface area contributed by atoms with Crippen LogP contribution >= 0.6 is 0 Å². The maximum atomic E-state index is 12.1. The summed E-state index contributed by atoms with van der Waals surface area (Å²) in [7, 11) is 0. The highest BCUT2D eigenvalue weighted by atomic mass is 19.4. The largest absolute Gasteiger partial charge is 0.433 e. The van der Waals surface area contributed by atoms with Gasteiger partial charge >= 0.3 is 12.8 Å². The summed E-state index contributed by atoms with van der Waals surface area (Å²) in [5.74, 6) is -1.04. The van der Waals surface area contributed by atoms with Gasteiger partial charge in [-0.2, -0.15) is 22.0 Å². The fourth-order valence-corrected chi connectivity index (χ4v) is 0.878. The lowest BCUT2D eigenvalue weighted by atomic mass is 10.2. The van der Waals surface area contributed by atoms with E-state index < -0.39 is 29.9 Å². The molecule has 16 heavy (non-hydrogen) atoms. The Morgan fingerprint density at radius 3 is 2.38 bits per heavy atom. The minimum absolute atomic E-state index is 0.0743. The molecular weight excluding hydrogens is 237 g/mol. The normalized spacial score (nSPS) is 11.6. The van der Waals surface area contributed by atoms with E-state index in [4.69, 9.17) is 0 Å². The first kappa shape index (κ1) is 12.3. The number of halogens is 5. The van der Waals surface area contributed by atoms with Crippen LogP contribution in [0.2, 0.25) is 0 Å². The molecule has 0 atom stereocenters. The number of alkyl halides is 5. The second-order valence-corrected chi connectivity index (χ2v) is 2.58. The summed E-state index contributed by atoms with van der Waals surface area (Å²) < 4.78 is 63.7. The number of nitrogens with zero attached hydrogens (tertiary/aromatic N) is 1. The number of carbonyl (C=O) groups is 1. The Balaban J connectivity index is 3.16. The summed E-state index contributed by atoms with van der Waals surface area (Å²) in [5, 5.41) is 0. The topological polar surface area (TPSA) is 39.2 Å². The van der Waals surface area contributed by atoms with Crippen molar-refractivity contribution in [3.05, 3.63) is 23.4 Å². The zero-order chi connectivity index (χ0) is 12.3. The highest BCUT2D eigenvalue weighted by molar-refractivity contribution is 5.78. The zero-order valence-electron chi connectivity index (χ0n) is 7.46. The number of aromatic nitrogens is 1. The number of hydrogen-bond donors (Lipinski definition) is 0. The predicted octanol–water partition coefficient (Wildman–Crippen LogP) is 2.51. The van der Waals surface area contributed by atoms with Gasteiger partial charge in [0.15, 0.2) is 6.29 Å². The second kappa shape index (κ2) is 4.42. The SMILES string of the molecule is O=Cc1ccc(C(F)(F)F)nc1OC(F)F. The van der Waals surface area contributed by atoms with Gasteiger partial charge in [0.25, 0.3) is 0 Å². The van der Waals surface area contributed by atoms with Gasteiger partial charge in [0.2, 0.25) is 5.88 Å². The van der Waals surface area contributed by atoms with E-state index in [2.05, 4.69) is 9.72 Å². The van der Waals surface area contributed by atoms with Crippen LogP contribution in [0.3, 0.4) is 0 Å². The van der Waals surface area contributed by atoms with Crippen LogP contribution in [0.5, 0.6) is 5.88 Å². The molecule has 0 fully saturated rings. The van der Waals surface area contributed by atoms with E-state index in [1.807, 2.05) is 0 Å². The van der Waals surface area contributed by atoms with Crippen molar-refractivity contribution in [2.75, 3.05) is 0 Å². The average Bonchev–Trinajstić information content (AvgIpc) is 2.15. The number of rotatable bonds is 3. The fourth-order valence-electron chi connectivity index (χ4n) is 0.878. The standard InChI is InChI=1S/C8H4F5NO2/c9-7(10)16-6-4(3-15)1-2-5(14-6)8(11,12)13/h1-3,7H. The average molecular weight is 241 g/mol. The molecule has 1 aromatic rings. The molecule has 0 aliphatic rings. The van der Waals surface area contributed by atoms with E-state index in [0.717, 1.165) is 0 Å². The Kier molecular flexibility index (Phi) is 3.41. The summed E-state index contributed by atoms with van der Waals surface area (Å²) in [6.45, 7) is -3.35. The number of pyridine rings is 1. The summed E-state index contributed by atoms with van der Waals surface area (Å²) in [6.07, 6.45) is -4.72. The van der Waals surface area contributed by atoms with Gasteiger partial charge in [-0.1, -0.05) is 0 Å². The summed E-state index contributed by atoms with van der Waals surface area (Å²) in [5.41, 5.74) is -1.89. The van der Waals surface area contributed by atoms with Gasteiger partial charge in [0, 0.05) is 0 Å². The number of ether oxygens (including phenoxy) is 1. The Bertz CT molecular complexity index is 391. The van der Waals surface area contributed by atoms with Crippen LogP contribution in [0.15, 0.2) is 12.1 Å². The molecule has 0 saturated heterocycles. The lowest BCUT2D eigenvalue weighted by Gasteiger charge is -2.09. The van der Waals surface area contributed by atoms with E-state index in [-0.39, 0.29) is 6.29 Å². The van der Waals surface area contributed by atoms with Crippen LogP contribution in [-0.2, 0) is 6.18 Å². The van der Waals surface area contributed by atoms with E-state index in [9.17, 15) is 26.7 Å². The molecule has 0 bridgehead atoms. The molecule has 0 aliphatic carbocycles. The molecule has 0 unspecified atom stereocenters. The third-order valence-corrected chi connectivity index (χ3v) is 1.51. The molecule has 3 nitrogen and oxygen atoms in total. The lowest BCUT2D eigenvalue weighted by Crippen LogP contribution is -2.12. The quantitative estimate of drug-likeness (QED) is 0.602. The van der Waals surface area contributed by atoms with Crippen LogP contribution < -0.4 is 4.74 Å². The summed E-state index contributed by atoms with van der Waals surface area (Å²) >= 11 is 0. The highest BCUT2D eigenvalue weighted by Crippen LogP contribution is 2.30. The first-order valence-electron chi connectivity index (χ1n) is 3.83. The molecule has 1 heterocycles. The molecule has 0 aromatic carbocycles. The number of hydrogen-bond acceptors (Lipinski definition) is 3. The zero-order valence-corrected chi connectivity index (χ0v) is 7.46. The van der Waals surface area contributed by atoms with Crippen LogP contribution in [0.25, 0.3) is 0 Å². The van der Waals surface area contributed by atoms with Crippen LogP contribution in [-0.4, -0.2) is 17.9 Å².